The normalized spacial score (nSPS) is 15.9. The molecule has 8 heteroatoms. The van der Waals surface area contributed by atoms with Crippen molar-refractivity contribution < 1.29 is 18.3 Å². The Morgan fingerprint density at radius 2 is 1.64 bits per heavy atom. The van der Waals surface area contributed by atoms with Gasteiger partial charge in [-0.05, 0) is 51.1 Å². The van der Waals surface area contributed by atoms with Gasteiger partial charge >= 0.3 is 0 Å². The molecule has 0 unspecified atom stereocenters. The van der Waals surface area contributed by atoms with Gasteiger partial charge in [-0.2, -0.15) is 0 Å². The number of hydrogen-bond donors (Lipinski definition) is 1. The van der Waals surface area contributed by atoms with Gasteiger partial charge in [-0.15, -0.1) is 0 Å². The first-order valence-corrected chi connectivity index (χ1v) is 12.6. The van der Waals surface area contributed by atoms with E-state index in [4.69, 9.17) is 14.5 Å². The van der Waals surface area contributed by atoms with Gasteiger partial charge in [0.05, 0.1) is 24.2 Å². The van der Waals surface area contributed by atoms with E-state index in [-0.39, 0.29) is 12.8 Å². The number of rotatable bonds is 3. The Hall–Kier alpha value is -3.10. The number of aldehydes is 1. The highest BCUT2D eigenvalue weighted by Crippen LogP contribution is 2.40. The Morgan fingerprint density at radius 1 is 1.00 bits per heavy atom. The van der Waals surface area contributed by atoms with Crippen LogP contribution in [0.1, 0.15) is 43.9 Å². The van der Waals surface area contributed by atoms with Crippen LogP contribution in [0.25, 0.3) is 0 Å². The van der Waals surface area contributed by atoms with Gasteiger partial charge in [0, 0.05) is 40.3 Å². The molecule has 1 aliphatic carbocycles. The average Bonchev–Trinajstić information content (AvgIpc) is 3.06. The van der Waals surface area contributed by atoms with Crippen LogP contribution in [-0.2, 0) is 4.79 Å². The summed E-state index contributed by atoms with van der Waals surface area (Å²) in [5, 5.41) is 3.01. The third-order valence-electron chi connectivity index (χ3n) is 5.76. The van der Waals surface area contributed by atoms with Crippen molar-refractivity contribution >= 4 is 29.4 Å². The Morgan fingerprint density at radius 3 is 2.31 bits per heavy atom. The molecule has 0 amide bonds. The van der Waals surface area contributed by atoms with Gasteiger partial charge in [0.1, 0.15) is 6.29 Å². The second-order valence-corrected chi connectivity index (χ2v) is 9.33. The highest BCUT2D eigenvalue weighted by molar-refractivity contribution is 7.99. The molecule has 1 fully saturated rings. The van der Waals surface area contributed by atoms with Gasteiger partial charge in [0.2, 0.25) is 11.8 Å². The van der Waals surface area contributed by atoms with Crippen molar-refractivity contribution in [3.8, 4) is 5.88 Å². The number of benzene rings is 2. The van der Waals surface area contributed by atoms with Crippen LogP contribution in [0, 0.1) is 0 Å². The molecule has 190 valence electrons. The highest BCUT2D eigenvalue weighted by Gasteiger charge is 2.34. The molecule has 5 nitrogen and oxygen atoms in total. The Labute approximate surface area is 215 Å². The van der Waals surface area contributed by atoms with E-state index < -0.39 is 5.92 Å². The first-order chi connectivity index (χ1) is 17.4. The van der Waals surface area contributed by atoms with E-state index in [0.717, 1.165) is 33.8 Å². The quantitative estimate of drug-likeness (QED) is 0.310. The lowest BCUT2D eigenvalue weighted by Crippen LogP contribution is -2.34. The van der Waals surface area contributed by atoms with Crippen molar-refractivity contribution in [2.24, 2.45) is 4.99 Å². The SMILES string of the molecule is CC=O.CNC1CCC(F)(F)CC1.COc1cccc(C2=Nc3ccccc3Sc3ccccc32)n1. The highest BCUT2D eigenvalue weighted by atomic mass is 32.2. The van der Waals surface area contributed by atoms with E-state index in [0.29, 0.717) is 24.8 Å². The number of aromatic nitrogens is 1. The molecule has 5 rings (SSSR count). The second-order valence-electron chi connectivity index (χ2n) is 8.25. The molecular weight excluding hydrogens is 480 g/mol. The lowest BCUT2D eigenvalue weighted by molar-refractivity contribution is -0.106. The molecule has 0 saturated heterocycles. The molecule has 0 radical (unpaired) electrons. The van der Waals surface area contributed by atoms with Crippen molar-refractivity contribution in [1.82, 2.24) is 10.3 Å². The van der Waals surface area contributed by atoms with Crippen LogP contribution in [0.3, 0.4) is 0 Å². The van der Waals surface area contributed by atoms with E-state index in [1.165, 1.54) is 11.8 Å². The number of ether oxygens (including phenoxy) is 1. The van der Waals surface area contributed by atoms with Crippen LogP contribution in [0.2, 0.25) is 0 Å². The van der Waals surface area contributed by atoms with E-state index >= 15 is 0 Å². The minimum absolute atomic E-state index is 0.0541. The lowest BCUT2D eigenvalue weighted by Gasteiger charge is -2.27. The van der Waals surface area contributed by atoms with Gasteiger partial charge < -0.3 is 14.8 Å². The van der Waals surface area contributed by atoms with Crippen LogP contribution < -0.4 is 10.1 Å². The summed E-state index contributed by atoms with van der Waals surface area (Å²) in [6, 6.07) is 22.6. The van der Waals surface area contributed by atoms with Crippen molar-refractivity contribution in [2.75, 3.05) is 14.2 Å². The Kier molecular flexibility index (Phi) is 10.1. The monoisotopic (exact) mass is 511 g/mol. The number of fused-ring (bicyclic) bond motifs is 2. The van der Waals surface area contributed by atoms with Crippen LogP contribution >= 0.6 is 11.8 Å². The largest absolute Gasteiger partial charge is 0.481 e. The molecule has 2 heterocycles. The molecule has 2 aromatic carbocycles. The summed E-state index contributed by atoms with van der Waals surface area (Å²) < 4.78 is 30.2. The topological polar surface area (TPSA) is 63.6 Å². The molecule has 0 spiro atoms. The molecule has 1 saturated carbocycles. The number of carbonyl (C=O) groups is 1. The molecule has 1 N–H and O–H groups in total. The fourth-order valence-corrected chi connectivity index (χ4v) is 4.89. The number of carbonyl (C=O) groups excluding carboxylic acids is 1. The standard InChI is InChI=1S/C19H14N2OS.C7H13F2N.C2H4O/c1-22-18-12-6-9-15(20-18)19-13-7-2-4-10-16(13)23-17-11-5-3-8-14(17)21-19;1-10-6-2-4-7(8,9)5-3-6;1-2-3/h2-12H,1H3;6,10H,2-5H2,1H3;2H,1H3. The maximum atomic E-state index is 12.5. The van der Waals surface area contributed by atoms with Crippen molar-refractivity contribution in [3.63, 3.8) is 0 Å². The molecule has 36 heavy (non-hydrogen) atoms. The van der Waals surface area contributed by atoms with Crippen molar-refractivity contribution in [1.29, 1.82) is 0 Å². The lowest BCUT2D eigenvalue weighted by atomic mass is 9.92. The fraction of sp³-hybridized carbons (Fsp3) is 0.321. The van der Waals surface area contributed by atoms with Crippen LogP contribution in [0.5, 0.6) is 5.88 Å². The van der Waals surface area contributed by atoms with Crippen molar-refractivity contribution in [2.45, 2.75) is 54.4 Å². The van der Waals surface area contributed by atoms with Gasteiger partial charge in [-0.3, -0.25) is 0 Å². The Bertz CT molecular complexity index is 1180. The van der Waals surface area contributed by atoms with E-state index in [1.54, 1.807) is 18.9 Å². The Balaban J connectivity index is 0.000000232. The van der Waals surface area contributed by atoms with Crippen LogP contribution in [-0.4, -0.2) is 43.1 Å². The van der Waals surface area contributed by atoms with Gasteiger partial charge in [0.15, 0.2) is 0 Å². The van der Waals surface area contributed by atoms with E-state index in [9.17, 15) is 8.78 Å². The molecule has 1 aliphatic heterocycles. The summed E-state index contributed by atoms with van der Waals surface area (Å²) in [4.78, 5) is 20.6. The van der Waals surface area contributed by atoms with E-state index in [2.05, 4.69) is 34.6 Å². The maximum absolute atomic E-state index is 12.5. The smallest absolute Gasteiger partial charge is 0.248 e. The number of nitrogens with one attached hydrogen (secondary N) is 1. The summed E-state index contributed by atoms with van der Waals surface area (Å²) in [5.41, 5.74) is 3.74. The summed E-state index contributed by atoms with van der Waals surface area (Å²) in [6.45, 7) is 1.44. The number of alkyl halides is 2. The minimum Gasteiger partial charge on any atom is -0.481 e. The summed E-state index contributed by atoms with van der Waals surface area (Å²) in [5.74, 6) is -1.79. The zero-order chi connectivity index (χ0) is 26.0. The van der Waals surface area contributed by atoms with Crippen LogP contribution in [0.15, 0.2) is 81.5 Å². The predicted octanol–water partition coefficient (Wildman–Crippen LogP) is 6.71. The number of methoxy groups -OCH3 is 1. The zero-order valence-corrected chi connectivity index (χ0v) is 21.5. The van der Waals surface area contributed by atoms with Gasteiger partial charge in [0.25, 0.3) is 0 Å². The number of aliphatic imine (C=N–C) groups is 1. The number of pyridine rings is 1. The van der Waals surface area contributed by atoms with E-state index in [1.807, 2.05) is 49.5 Å². The molecular formula is C28H31F2N3O2S. The third kappa shape index (κ3) is 7.45. The maximum Gasteiger partial charge on any atom is 0.248 e. The summed E-state index contributed by atoms with van der Waals surface area (Å²) in [6.07, 6.45) is 2.09. The number of para-hydroxylation sites is 1. The van der Waals surface area contributed by atoms with Gasteiger partial charge in [-0.25, -0.2) is 18.8 Å². The summed E-state index contributed by atoms with van der Waals surface area (Å²) >= 11 is 1.74. The van der Waals surface area contributed by atoms with Crippen molar-refractivity contribution in [3.05, 3.63) is 78.0 Å². The zero-order valence-electron chi connectivity index (χ0n) is 20.7. The van der Waals surface area contributed by atoms with Crippen LogP contribution in [0.4, 0.5) is 14.5 Å². The second kappa shape index (κ2) is 13.3. The molecule has 3 aromatic rings. The summed E-state index contributed by atoms with van der Waals surface area (Å²) in [7, 11) is 3.45. The number of halogens is 2. The predicted molar refractivity (Wildman–Crippen MR) is 141 cm³/mol. The average molecular weight is 512 g/mol. The van der Waals surface area contributed by atoms with Gasteiger partial charge in [-0.1, -0.05) is 48.2 Å². The first kappa shape index (κ1) is 27.5. The first-order valence-electron chi connectivity index (χ1n) is 11.8. The fourth-order valence-electron chi connectivity index (χ4n) is 3.87. The number of nitrogens with zero attached hydrogens (tertiary/aromatic N) is 2. The third-order valence-corrected chi connectivity index (χ3v) is 6.90. The molecule has 0 atom stereocenters. The molecule has 2 aliphatic rings. The minimum atomic E-state index is -2.38. The molecule has 0 bridgehead atoms. The number of hydrogen-bond acceptors (Lipinski definition) is 6. The molecule has 1 aromatic heterocycles.